The van der Waals surface area contributed by atoms with Crippen molar-refractivity contribution < 1.29 is 0 Å². The molecule has 4 heterocycles. The molecule has 0 saturated heterocycles. The number of pyridine rings is 1. The molecular weight excluding hydrogens is 781 g/mol. The largest absolute Gasteiger partial charge is 0.338 e. The molecular formula is C48H48N10S2. The van der Waals surface area contributed by atoms with E-state index in [1.54, 1.807) is 16.0 Å². The highest BCUT2D eigenvalue weighted by molar-refractivity contribution is 7.22. The average Bonchev–Trinajstić information content (AvgIpc) is 3.94. The lowest BCUT2D eigenvalue weighted by molar-refractivity contribution is 0.559. The number of nitriles is 1. The lowest BCUT2D eigenvalue weighted by Crippen LogP contribution is -2.16. The van der Waals surface area contributed by atoms with Gasteiger partial charge in [0.2, 0.25) is 5.13 Å². The summed E-state index contributed by atoms with van der Waals surface area (Å²) in [5.41, 5.74) is 15.0. The molecule has 302 valence electrons. The van der Waals surface area contributed by atoms with Crippen molar-refractivity contribution in [3.63, 3.8) is 0 Å². The van der Waals surface area contributed by atoms with Gasteiger partial charge in [-0.15, -0.1) is 10.2 Å². The van der Waals surface area contributed by atoms with Crippen molar-refractivity contribution in [2.24, 2.45) is 10.2 Å². The Morgan fingerprint density at radius 1 is 0.683 bits per heavy atom. The molecule has 0 unspecified atom stereocenters. The average molecular weight is 829 g/mol. The lowest BCUT2D eigenvalue weighted by atomic mass is 9.90. The predicted molar refractivity (Wildman–Crippen MR) is 249 cm³/mol. The number of fused-ring (bicyclic) bond motifs is 2. The highest BCUT2D eigenvalue weighted by Crippen LogP contribution is 2.46. The number of aryl methyl sites for hydroxylation is 5. The van der Waals surface area contributed by atoms with E-state index in [0.29, 0.717) is 39.5 Å². The minimum Gasteiger partial charge on any atom is -0.338 e. The number of benzene rings is 4. The van der Waals surface area contributed by atoms with Crippen molar-refractivity contribution in [1.82, 2.24) is 24.7 Å². The standard InChI is InChI=1S/C48H48N10S2/c1-25-21-27(3)40(32(8)30(25)6)53-44-41(54-55-45-34(24-49)43(48(10,11)12)56-58(45)47-51-36-18-14-16-20-38(36)60-47)28(4)23-39(52-44)57(42-29(5)22-26(2)31(7)33(42)9)46-50-35-17-13-15-19-37(35)59-46/h13-23H,1-12H3,(H,52,53). The first-order chi connectivity index (χ1) is 28.5. The summed E-state index contributed by atoms with van der Waals surface area (Å²) in [5.74, 6) is 1.52. The number of nitrogens with zero attached hydrogens (tertiary/aromatic N) is 9. The minimum atomic E-state index is -0.448. The molecule has 12 heteroatoms. The number of thiazole rings is 2. The number of rotatable bonds is 8. The van der Waals surface area contributed by atoms with E-state index in [2.05, 4.69) is 95.9 Å². The molecule has 10 nitrogen and oxygen atoms in total. The second kappa shape index (κ2) is 15.4. The summed E-state index contributed by atoms with van der Waals surface area (Å²) in [6.07, 6.45) is 0. The Kier molecular flexibility index (Phi) is 10.4. The molecule has 0 spiro atoms. The summed E-state index contributed by atoms with van der Waals surface area (Å²) in [6, 6.07) is 25.1. The summed E-state index contributed by atoms with van der Waals surface area (Å²) in [4.78, 5) is 17.7. The number of aromatic nitrogens is 5. The van der Waals surface area contributed by atoms with Gasteiger partial charge in [0.05, 0.1) is 31.8 Å². The van der Waals surface area contributed by atoms with Gasteiger partial charge >= 0.3 is 0 Å². The highest BCUT2D eigenvalue weighted by atomic mass is 32.1. The van der Waals surface area contributed by atoms with E-state index in [1.807, 2.05) is 70.2 Å². The first-order valence-electron chi connectivity index (χ1n) is 20.0. The Balaban J connectivity index is 1.38. The Morgan fingerprint density at radius 3 is 1.93 bits per heavy atom. The van der Waals surface area contributed by atoms with Crippen LogP contribution in [-0.4, -0.2) is 24.7 Å². The van der Waals surface area contributed by atoms with Crippen LogP contribution in [0, 0.1) is 73.6 Å². The van der Waals surface area contributed by atoms with Crippen molar-refractivity contribution in [3.8, 4) is 11.2 Å². The quantitative estimate of drug-likeness (QED) is 0.151. The van der Waals surface area contributed by atoms with Crippen molar-refractivity contribution in [2.75, 3.05) is 10.2 Å². The number of azo groups is 1. The van der Waals surface area contributed by atoms with Crippen LogP contribution in [0.3, 0.4) is 0 Å². The van der Waals surface area contributed by atoms with E-state index in [4.69, 9.17) is 30.3 Å². The van der Waals surface area contributed by atoms with Gasteiger partial charge in [-0.2, -0.15) is 15.0 Å². The van der Waals surface area contributed by atoms with Gasteiger partial charge in [0.15, 0.2) is 16.8 Å². The van der Waals surface area contributed by atoms with Gasteiger partial charge < -0.3 is 5.32 Å². The summed E-state index contributed by atoms with van der Waals surface area (Å²) < 4.78 is 3.76. The molecule has 0 aliphatic carbocycles. The summed E-state index contributed by atoms with van der Waals surface area (Å²) >= 11 is 3.13. The number of hydrogen-bond acceptors (Lipinski definition) is 11. The molecule has 0 atom stereocenters. The van der Waals surface area contributed by atoms with Crippen LogP contribution < -0.4 is 10.2 Å². The summed E-state index contributed by atoms with van der Waals surface area (Å²) in [5, 5.41) is 30.7. The van der Waals surface area contributed by atoms with Crippen LogP contribution in [0.5, 0.6) is 0 Å². The Morgan fingerprint density at radius 2 is 1.30 bits per heavy atom. The number of hydrogen-bond donors (Lipinski definition) is 1. The maximum Gasteiger partial charge on any atom is 0.213 e. The fourth-order valence-corrected chi connectivity index (χ4v) is 9.66. The maximum absolute atomic E-state index is 10.7. The van der Waals surface area contributed by atoms with Crippen LogP contribution in [0.15, 0.2) is 77.0 Å². The van der Waals surface area contributed by atoms with E-state index in [9.17, 15) is 5.26 Å². The molecule has 60 heavy (non-hydrogen) atoms. The van der Waals surface area contributed by atoms with Gasteiger partial charge in [-0.1, -0.05) is 79.8 Å². The minimum absolute atomic E-state index is 0.312. The third-order valence-electron chi connectivity index (χ3n) is 11.4. The number of para-hydroxylation sites is 2. The molecule has 8 rings (SSSR count). The molecule has 0 bridgehead atoms. The highest BCUT2D eigenvalue weighted by Gasteiger charge is 2.30. The van der Waals surface area contributed by atoms with Crippen LogP contribution in [0.1, 0.15) is 82.1 Å². The fraction of sp³-hybridized carbons (Fsp3) is 0.271. The second-order valence-electron chi connectivity index (χ2n) is 16.6. The van der Waals surface area contributed by atoms with Crippen molar-refractivity contribution in [2.45, 2.75) is 88.5 Å². The fourth-order valence-electron chi connectivity index (χ4n) is 7.76. The van der Waals surface area contributed by atoms with E-state index >= 15 is 0 Å². The number of nitrogens with one attached hydrogen (secondary N) is 1. The first kappa shape index (κ1) is 40.5. The van der Waals surface area contributed by atoms with Crippen LogP contribution in [0.2, 0.25) is 0 Å². The predicted octanol–water partition coefficient (Wildman–Crippen LogP) is 14.1. The molecule has 0 radical (unpaired) electrons. The van der Waals surface area contributed by atoms with E-state index < -0.39 is 5.41 Å². The van der Waals surface area contributed by atoms with E-state index in [1.165, 1.54) is 33.6 Å². The van der Waals surface area contributed by atoms with E-state index in [0.717, 1.165) is 64.8 Å². The maximum atomic E-state index is 10.7. The zero-order valence-electron chi connectivity index (χ0n) is 36.2. The van der Waals surface area contributed by atoms with Gasteiger partial charge in [0.25, 0.3) is 0 Å². The third-order valence-corrected chi connectivity index (χ3v) is 13.4. The van der Waals surface area contributed by atoms with Gasteiger partial charge in [-0.25, -0.2) is 15.0 Å². The number of anilines is 5. The van der Waals surface area contributed by atoms with Crippen molar-refractivity contribution in [3.05, 3.63) is 128 Å². The molecule has 0 fully saturated rings. The monoisotopic (exact) mass is 828 g/mol. The molecule has 4 aromatic carbocycles. The van der Waals surface area contributed by atoms with E-state index in [-0.39, 0.29) is 0 Å². The lowest BCUT2D eigenvalue weighted by Gasteiger charge is -2.28. The van der Waals surface area contributed by atoms with Gasteiger partial charge in [0.1, 0.15) is 23.1 Å². The van der Waals surface area contributed by atoms with Gasteiger partial charge in [0, 0.05) is 11.1 Å². The Bertz CT molecular complexity index is 3010. The second-order valence-corrected chi connectivity index (χ2v) is 18.7. The van der Waals surface area contributed by atoms with Crippen LogP contribution in [0.25, 0.3) is 25.6 Å². The smallest absolute Gasteiger partial charge is 0.213 e. The molecule has 0 saturated carbocycles. The summed E-state index contributed by atoms with van der Waals surface area (Å²) in [6.45, 7) is 25.3. The van der Waals surface area contributed by atoms with Crippen molar-refractivity contribution >= 4 is 82.8 Å². The van der Waals surface area contributed by atoms with Crippen LogP contribution >= 0.6 is 22.7 Å². The molecule has 0 amide bonds. The topological polar surface area (TPSA) is 120 Å². The van der Waals surface area contributed by atoms with Crippen molar-refractivity contribution in [1.29, 1.82) is 5.26 Å². The zero-order valence-corrected chi connectivity index (χ0v) is 37.8. The molecule has 0 aliphatic heterocycles. The molecule has 1 N–H and O–H groups in total. The zero-order chi connectivity index (χ0) is 42.8. The van der Waals surface area contributed by atoms with Gasteiger partial charge in [-0.3, -0.25) is 4.90 Å². The molecule has 8 aromatic rings. The summed E-state index contributed by atoms with van der Waals surface area (Å²) in [7, 11) is 0. The normalized spacial score (nSPS) is 11.9. The first-order valence-corrected chi connectivity index (χ1v) is 21.6. The molecule has 0 aliphatic rings. The Hall–Kier alpha value is -6.29. The SMILES string of the molecule is Cc1cc(C)c(Nc2nc(N(c3nc4ccccc4s3)c3c(C)cc(C)c(C)c3C)cc(C)c2N=Nc2c(C#N)c(C(C)(C)C)nn2-c2nc3ccccc3s2)c(C)c1C. The molecule has 4 aromatic heterocycles. The third kappa shape index (κ3) is 7.11. The van der Waals surface area contributed by atoms with Crippen LogP contribution in [0.4, 0.5) is 39.6 Å². The van der Waals surface area contributed by atoms with Crippen LogP contribution in [-0.2, 0) is 5.41 Å². The Labute approximate surface area is 359 Å². The van der Waals surface area contributed by atoms with Gasteiger partial charge in [-0.05, 0) is 143 Å².